The molecule has 0 bridgehead atoms. The maximum Gasteiger partial charge on any atom is 0.165 e. The minimum atomic E-state index is 0.0341. The van der Waals surface area contributed by atoms with Crippen LogP contribution in [0.4, 0.5) is 0 Å². The number of benzene rings is 1. The van der Waals surface area contributed by atoms with Gasteiger partial charge in [-0.2, -0.15) is 5.10 Å². The minimum Gasteiger partial charge on any atom is -0.485 e. The number of rotatable bonds is 5. The predicted octanol–water partition coefficient (Wildman–Crippen LogP) is 2.77. The average Bonchev–Trinajstić information content (AvgIpc) is 2.85. The van der Waals surface area contributed by atoms with Gasteiger partial charge in [-0.3, -0.25) is 0 Å². The van der Waals surface area contributed by atoms with E-state index >= 15 is 0 Å². The van der Waals surface area contributed by atoms with E-state index in [1.54, 1.807) is 6.33 Å². The van der Waals surface area contributed by atoms with Gasteiger partial charge >= 0.3 is 0 Å². The normalized spacial score (nSPS) is 12.7. The number of hydrogen-bond acceptors (Lipinski definition) is 4. The molecule has 0 unspecified atom stereocenters. The van der Waals surface area contributed by atoms with Crippen molar-refractivity contribution in [3.05, 3.63) is 41.5 Å². The summed E-state index contributed by atoms with van der Waals surface area (Å²) in [5.74, 6) is 1.68. The molecule has 1 aromatic carbocycles. The maximum atomic E-state index is 5.87. The second-order valence-corrected chi connectivity index (χ2v) is 5.32. The van der Waals surface area contributed by atoms with Crippen molar-refractivity contribution in [2.24, 2.45) is 5.73 Å². The second-order valence-electron chi connectivity index (χ2n) is 5.32. The van der Waals surface area contributed by atoms with Gasteiger partial charge in [0.2, 0.25) is 0 Å². The third-order valence-electron chi connectivity index (χ3n) is 3.22. The van der Waals surface area contributed by atoms with Gasteiger partial charge in [0.05, 0.1) is 0 Å². The Balaban J connectivity index is 2.09. The van der Waals surface area contributed by atoms with Crippen LogP contribution in [0.2, 0.25) is 0 Å². The fourth-order valence-electron chi connectivity index (χ4n) is 2.07. The van der Waals surface area contributed by atoms with Crippen molar-refractivity contribution in [1.29, 1.82) is 0 Å². The van der Waals surface area contributed by atoms with Gasteiger partial charge in [0.15, 0.2) is 5.82 Å². The smallest absolute Gasteiger partial charge is 0.165 e. The zero-order valence-corrected chi connectivity index (χ0v) is 12.5. The summed E-state index contributed by atoms with van der Waals surface area (Å²) >= 11 is 0. The lowest BCUT2D eigenvalue weighted by molar-refractivity contribution is 0.280. The number of aromatic nitrogens is 3. The highest BCUT2D eigenvalue weighted by Crippen LogP contribution is 2.22. The van der Waals surface area contributed by atoms with E-state index in [4.69, 9.17) is 10.5 Å². The van der Waals surface area contributed by atoms with Crippen LogP contribution in [-0.4, -0.2) is 14.8 Å². The van der Waals surface area contributed by atoms with Gasteiger partial charge in [-0.15, -0.1) is 0 Å². The van der Waals surface area contributed by atoms with Crippen LogP contribution in [0, 0.1) is 6.92 Å². The maximum absolute atomic E-state index is 5.87. The van der Waals surface area contributed by atoms with E-state index in [1.807, 2.05) is 30.7 Å². The van der Waals surface area contributed by atoms with Crippen LogP contribution in [0.3, 0.4) is 0 Å². The molecule has 1 heterocycles. The molecule has 0 saturated carbocycles. The molecule has 0 radical (unpaired) electrons. The fraction of sp³-hybridized carbons (Fsp3) is 0.467. The van der Waals surface area contributed by atoms with Crippen LogP contribution in [0.25, 0.3) is 0 Å². The number of hydrogen-bond donors (Lipinski definition) is 1. The first-order chi connectivity index (χ1) is 9.49. The summed E-state index contributed by atoms with van der Waals surface area (Å²) in [5.41, 5.74) is 8.06. The lowest BCUT2D eigenvalue weighted by Crippen LogP contribution is -2.11. The Morgan fingerprint density at radius 2 is 2.05 bits per heavy atom. The summed E-state index contributed by atoms with van der Waals surface area (Å²) in [4.78, 5) is 4.23. The molecular formula is C15H22N4O. The molecule has 0 saturated heterocycles. The van der Waals surface area contributed by atoms with E-state index < -0.39 is 0 Å². The zero-order chi connectivity index (χ0) is 14.7. The Morgan fingerprint density at radius 3 is 2.65 bits per heavy atom. The van der Waals surface area contributed by atoms with Crippen molar-refractivity contribution in [2.75, 3.05) is 0 Å². The molecular weight excluding hydrogens is 252 g/mol. The van der Waals surface area contributed by atoms with Gasteiger partial charge in [-0.1, -0.05) is 12.1 Å². The quantitative estimate of drug-likeness (QED) is 0.910. The van der Waals surface area contributed by atoms with Crippen LogP contribution in [0.5, 0.6) is 5.75 Å². The first-order valence-electron chi connectivity index (χ1n) is 6.86. The molecule has 108 valence electrons. The summed E-state index contributed by atoms with van der Waals surface area (Å²) < 4.78 is 7.71. The summed E-state index contributed by atoms with van der Waals surface area (Å²) in [6, 6.07) is 6.33. The van der Waals surface area contributed by atoms with Crippen molar-refractivity contribution in [3.8, 4) is 5.75 Å². The molecule has 1 aromatic heterocycles. The summed E-state index contributed by atoms with van der Waals surface area (Å²) in [6.07, 6.45) is 1.56. The Labute approximate surface area is 119 Å². The molecule has 2 aromatic rings. The van der Waals surface area contributed by atoms with Crippen molar-refractivity contribution in [1.82, 2.24) is 14.8 Å². The molecule has 0 aliphatic carbocycles. The molecule has 5 nitrogen and oxygen atoms in total. The minimum absolute atomic E-state index is 0.0341. The third kappa shape index (κ3) is 3.17. The van der Waals surface area contributed by atoms with Gasteiger partial charge < -0.3 is 10.5 Å². The SMILES string of the molecule is Cc1cc([C@@H](C)N)ccc1OCc1ncnn1C(C)C. The van der Waals surface area contributed by atoms with E-state index in [9.17, 15) is 0 Å². The highest BCUT2D eigenvalue weighted by molar-refractivity contribution is 5.37. The van der Waals surface area contributed by atoms with E-state index in [0.717, 1.165) is 22.7 Å². The van der Waals surface area contributed by atoms with Crippen LogP contribution >= 0.6 is 0 Å². The molecule has 0 aliphatic heterocycles. The van der Waals surface area contributed by atoms with Crippen LogP contribution in [-0.2, 0) is 6.61 Å². The van der Waals surface area contributed by atoms with E-state index in [-0.39, 0.29) is 12.1 Å². The molecule has 0 spiro atoms. The van der Waals surface area contributed by atoms with Gasteiger partial charge in [-0.25, -0.2) is 9.67 Å². The molecule has 1 atom stereocenters. The predicted molar refractivity (Wildman–Crippen MR) is 78.5 cm³/mol. The van der Waals surface area contributed by atoms with Gasteiger partial charge in [0.1, 0.15) is 18.7 Å². The Bertz CT molecular complexity index is 575. The molecule has 0 amide bonds. The zero-order valence-electron chi connectivity index (χ0n) is 12.5. The monoisotopic (exact) mass is 274 g/mol. The van der Waals surface area contributed by atoms with Crippen LogP contribution < -0.4 is 10.5 Å². The second kappa shape index (κ2) is 6.05. The lowest BCUT2D eigenvalue weighted by Gasteiger charge is -2.13. The Kier molecular flexibility index (Phi) is 4.39. The van der Waals surface area contributed by atoms with Crippen molar-refractivity contribution in [2.45, 2.75) is 46.4 Å². The van der Waals surface area contributed by atoms with Crippen molar-refractivity contribution in [3.63, 3.8) is 0 Å². The number of ether oxygens (including phenoxy) is 1. The molecule has 20 heavy (non-hydrogen) atoms. The molecule has 5 heteroatoms. The van der Waals surface area contributed by atoms with E-state index in [1.165, 1.54) is 0 Å². The topological polar surface area (TPSA) is 66.0 Å². The Morgan fingerprint density at radius 1 is 1.30 bits per heavy atom. The largest absolute Gasteiger partial charge is 0.485 e. The molecule has 2 N–H and O–H groups in total. The van der Waals surface area contributed by atoms with Crippen molar-refractivity contribution < 1.29 is 4.74 Å². The summed E-state index contributed by atoms with van der Waals surface area (Å²) in [5, 5.41) is 4.20. The highest BCUT2D eigenvalue weighted by atomic mass is 16.5. The highest BCUT2D eigenvalue weighted by Gasteiger charge is 2.09. The Hall–Kier alpha value is -1.88. The fourth-order valence-corrected chi connectivity index (χ4v) is 2.07. The van der Waals surface area contributed by atoms with E-state index in [2.05, 4.69) is 30.0 Å². The standard InChI is InChI=1S/C15H22N4O/c1-10(2)19-15(17-9-18-19)8-20-14-6-5-13(12(4)16)7-11(14)3/h5-7,9-10,12H,8,16H2,1-4H3/t12-/m1/s1. The molecule has 0 fully saturated rings. The average molecular weight is 274 g/mol. The number of nitrogens with two attached hydrogens (primary N) is 1. The van der Waals surface area contributed by atoms with Crippen LogP contribution in [0.1, 0.15) is 49.8 Å². The van der Waals surface area contributed by atoms with Crippen molar-refractivity contribution >= 4 is 0 Å². The van der Waals surface area contributed by atoms with E-state index in [0.29, 0.717) is 6.61 Å². The van der Waals surface area contributed by atoms with Crippen LogP contribution in [0.15, 0.2) is 24.5 Å². The summed E-state index contributed by atoms with van der Waals surface area (Å²) in [6.45, 7) is 8.55. The first kappa shape index (κ1) is 14.5. The van der Waals surface area contributed by atoms with Gasteiger partial charge in [-0.05, 0) is 44.9 Å². The number of aryl methyl sites for hydroxylation is 1. The number of nitrogens with zero attached hydrogens (tertiary/aromatic N) is 3. The molecule has 0 aliphatic rings. The summed E-state index contributed by atoms with van der Waals surface area (Å²) in [7, 11) is 0. The van der Waals surface area contributed by atoms with Gasteiger partial charge in [0.25, 0.3) is 0 Å². The molecule has 2 rings (SSSR count). The third-order valence-corrected chi connectivity index (χ3v) is 3.22. The lowest BCUT2D eigenvalue weighted by atomic mass is 10.1. The first-order valence-corrected chi connectivity index (χ1v) is 6.86. The van der Waals surface area contributed by atoms with Gasteiger partial charge in [0, 0.05) is 12.1 Å².